The minimum atomic E-state index is -4.76. The molecule has 4 unspecified atom stereocenters. The van der Waals surface area contributed by atoms with Gasteiger partial charge in [0, 0.05) is 6.66 Å². The average molecular weight is 527 g/mol. The molecule has 9 nitrogen and oxygen atoms in total. The molecule has 0 aromatic rings. The number of ether oxygens (including phenoxy) is 2. The van der Waals surface area contributed by atoms with E-state index in [4.69, 9.17) is 14.4 Å². The van der Waals surface area contributed by atoms with Crippen LogP contribution in [-0.4, -0.2) is 84.5 Å². The molecule has 2 N–H and O–H groups in total. The van der Waals surface area contributed by atoms with E-state index in [-0.39, 0.29) is 54.6 Å². The van der Waals surface area contributed by atoms with Crippen molar-refractivity contribution in [1.82, 2.24) is 0 Å². The van der Waals surface area contributed by atoms with Gasteiger partial charge in [0.05, 0.1) is 19.6 Å². The monoisotopic (exact) mass is 526 g/mol. The fraction of sp³-hybridized carbons (Fsp3) is 0.905. The molecule has 33 heavy (non-hydrogen) atoms. The summed E-state index contributed by atoms with van der Waals surface area (Å²) < 4.78 is 51.9. The molecule has 0 aliphatic rings. The molecule has 0 aliphatic carbocycles. The molecule has 0 saturated heterocycles. The zero-order valence-electron chi connectivity index (χ0n) is 20.2. The predicted molar refractivity (Wildman–Crippen MR) is 133 cm³/mol. The van der Waals surface area contributed by atoms with E-state index in [1.807, 2.05) is 13.8 Å². The van der Waals surface area contributed by atoms with Crippen LogP contribution < -0.4 is 0 Å². The van der Waals surface area contributed by atoms with Gasteiger partial charge in [-0.2, -0.15) is 8.42 Å². The predicted octanol–water partition coefficient (Wildman–Crippen LogP) is 3.59. The summed E-state index contributed by atoms with van der Waals surface area (Å²) in [6, 6.07) is 0. The fourth-order valence-corrected chi connectivity index (χ4v) is 3.48. The van der Waals surface area contributed by atoms with Crippen LogP contribution in [0, 0.1) is 11.8 Å². The van der Waals surface area contributed by atoms with E-state index in [9.17, 15) is 27.1 Å². The van der Waals surface area contributed by atoms with Gasteiger partial charge in [-0.05, 0) is 24.7 Å². The first-order valence-electron chi connectivity index (χ1n) is 11.4. The Morgan fingerprint density at radius 3 is 1.64 bits per heavy atom. The van der Waals surface area contributed by atoms with Gasteiger partial charge in [-0.1, -0.05) is 66.2 Å². The molecule has 12 heteroatoms. The minimum absolute atomic E-state index is 0. The van der Waals surface area contributed by atoms with E-state index >= 15 is 0 Å². The van der Waals surface area contributed by atoms with Crippen LogP contribution in [0.4, 0.5) is 0 Å². The van der Waals surface area contributed by atoms with E-state index in [0.29, 0.717) is 0 Å². The van der Waals surface area contributed by atoms with Crippen molar-refractivity contribution in [3.8, 4) is 0 Å². The zero-order chi connectivity index (χ0) is 25.2. The molecule has 0 aliphatic heterocycles. The van der Waals surface area contributed by atoms with E-state index < -0.39 is 41.8 Å². The topological polar surface area (TPSA) is 144 Å². The maximum atomic E-state index is 12.2. The third-order valence-electron chi connectivity index (χ3n) is 5.00. The van der Waals surface area contributed by atoms with E-state index in [0.717, 1.165) is 51.4 Å². The molecule has 0 bridgehead atoms. The second-order valence-corrected chi connectivity index (χ2v) is 10.5. The van der Waals surface area contributed by atoms with Gasteiger partial charge < -0.3 is 14.4 Å². The van der Waals surface area contributed by atoms with Crippen LogP contribution in [0.25, 0.3) is 0 Å². The molecule has 0 heterocycles. The second kappa shape index (κ2) is 22.5. The Hall–Kier alpha value is 0.0400. The van der Waals surface area contributed by atoms with Crippen LogP contribution in [0.5, 0.6) is 0 Å². The van der Waals surface area contributed by atoms with Gasteiger partial charge in [-0.25, -0.2) is 0 Å². The van der Waals surface area contributed by atoms with Gasteiger partial charge in [-0.3, -0.25) is 18.7 Å². The molecule has 4 atom stereocenters. The summed E-state index contributed by atoms with van der Waals surface area (Å²) in [4.78, 5) is 31.8. The van der Waals surface area contributed by atoms with E-state index in [1.54, 1.807) is 0 Å². The molecule has 0 rings (SSSR count). The molecule has 194 valence electrons. The van der Waals surface area contributed by atoms with Crippen LogP contribution in [0.2, 0.25) is 0 Å². The van der Waals surface area contributed by atoms with Gasteiger partial charge in [0.25, 0.3) is 10.1 Å². The molecule has 0 aromatic carbocycles. The third-order valence-corrected chi connectivity index (χ3v) is 6.08. The summed E-state index contributed by atoms with van der Waals surface area (Å²) in [6.45, 7) is 9.62. The van der Waals surface area contributed by atoms with Gasteiger partial charge in [-0.15, -0.1) is 0 Å². The zero-order valence-corrected chi connectivity index (χ0v) is 22.0. The van der Waals surface area contributed by atoms with E-state index in [1.165, 1.54) is 6.66 Å². The van der Waals surface area contributed by atoms with Crippen LogP contribution in [-0.2, 0) is 33.7 Å². The Bertz CT molecular complexity index is 640. The SMILES string of the molecule is CCCCC(CC)COC(=O)CC(C(=O)OCC(CC)CCCC)S(=O)(=O)O.C[PH](=O)O.[NaH]. The van der Waals surface area contributed by atoms with Gasteiger partial charge in [0.1, 0.15) is 0 Å². The molecule has 0 amide bonds. The summed E-state index contributed by atoms with van der Waals surface area (Å²) in [6.07, 6.45) is 6.74. The number of carbonyl (C=O) groups is 2. The molecule has 0 saturated carbocycles. The van der Waals surface area contributed by atoms with Gasteiger partial charge in [0.2, 0.25) is 0 Å². The summed E-state index contributed by atoms with van der Waals surface area (Å²) >= 11 is 0. The standard InChI is InChI=1S/C20H38O7S.CH5O2P.Na.H/c1-5-9-11-16(7-3)14-26-19(21)13-18(28(23,24)25)20(22)27-15-17(8-4)12-10-6-2;1-4(2)3;;/h16-18H,5-15H2,1-4H3,(H,23,24,25);4H,1H3,(H,2,3);;. The van der Waals surface area contributed by atoms with Gasteiger partial charge >= 0.3 is 41.5 Å². The number of esters is 2. The van der Waals surface area contributed by atoms with Crippen molar-refractivity contribution in [1.29, 1.82) is 0 Å². The Morgan fingerprint density at radius 2 is 1.30 bits per heavy atom. The first-order chi connectivity index (χ1) is 14.9. The van der Waals surface area contributed by atoms with Crippen molar-refractivity contribution < 1.29 is 41.5 Å². The van der Waals surface area contributed by atoms with Crippen molar-refractivity contribution in [3.63, 3.8) is 0 Å². The summed E-state index contributed by atoms with van der Waals surface area (Å²) in [7, 11) is -6.89. The Kier molecular flexibility index (Phi) is 25.6. The van der Waals surface area contributed by atoms with Crippen LogP contribution in [0.3, 0.4) is 0 Å². The fourth-order valence-electron chi connectivity index (χ4n) is 2.82. The van der Waals surface area contributed by atoms with Crippen LogP contribution in [0.1, 0.15) is 85.5 Å². The van der Waals surface area contributed by atoms with Crippen molar-refractivity contribution in [2.45, 2.75) is 90.7 Å². The number of hydrogen-bond acceptors (Lipinski definition) is 7. The summed E-state index contributed by atoms with van der Waals surface area (Å²) in [5.41, 5.74) is 0. The normalized spacial score (nSPS) is 14.5. The van der Waals surface area contributed by atoms with Gasteiger partial charge in [0.15, 0.2) is 13.3 Å². The molecule has 0 spiro atoms. The quantitative estimate of drug-likeness (QED) is 0.133. The van der Waals surface area contributed by atoms with E-state index in [2.05, 4.69) is 13.8 Å². The third kappa shape index (κ3) is 22.3. The summed E-state index contributed by atoms with van der Waals surface area (Å²) in [5.74, 6) is -1.61. The molecule has 0 radical (unpaired) electrons. The number of rotatable bonds is 16. The molecule has 0 fully saturated rings. The number of carbonyl (C=O) groups excluding carboxylic acids is 2. The van der Waals surface area contributed by atoms with Crippen LogP contribution >= 0.6 is 8.03 Å². The maximum absolute atomic E-state index is 12.2. The van der Waals surface area contributed by atoms with Crippen molar-refractivity contribution in [2.24, 2.45) is 11.8 Å². The second-order valence-electron chi connectivity index (χ2n) is 7.87. The average Bonchev–Trinajstić information content (AvgIpc) is 2.70. The van der Waals surface area contributed by atoms with Crippen LogP contribution in [0.15, 0.2) is 0 Å². The van der Waals surface area contributed by atoms with Crippen molar-refractivity contribution >= 4 is 59.6 Å². The molecular formula is C21H44NaO9PS. The first kappa shape index (κ1) is 37.6. The first-order valence-corrected chi connectivity index (χ1v) is 14.8. The number of unbranched alkanes of at least 4 members (excludes halogenated alkanes) is 2. The number of hydrogen-bond donors (Lipinski definition) is 2. The summed E-state index contributed by atoms with van der Waals surface area (Å²) in [5, 5.41) is -1.95. The molecular weight excluding hydrogens is 482 g/mol. The van der Waals surface area contributed by atoms with Crippen molar-refractivity contribution in [2.75, 3.05) is 19.9 Å². The molecule has 0 aromatic heterocycles. The van der Waals surface area contributed by atoms with Crippen molar-refractivity contribution in [3.05, 3.63) is 0 Å². The Morgan fingerprint density at radius 1 is 0.909 bits per heavy atom. The Balaban J connectivity index is -0.00000165. The Labute approximate surface area is 222 Å².